The summed E-state index contributed by atoms with van der Waals surface area (Å²) >= 11 is 0. The van der Waals surface area contributed by atoms with Crippen molar-refractivity contribution < 1.29 is 14.3 Å². The van der Waals surface area contributed by atoms with E-state index in [0.29, 0.717) is 12.2 Å². The van der Waals surface area contributed by atoms with Crippen LogP contribution in [-0.2, 0) is 16.0 Å². The van der Waals surface area contributed by atoms with Gasteiger partial charge in [-0.3, -0.25) is 9.59 Å². The number of carbonyl (C=O) groups excluding carboxylic acids is 2. The third-order valence-electron chi connectivity index (χ3n) is 3.92. The Morgan fingerprint density at radius 2 is 2.14 bits per heavy atom. The van der Waals surface area contributed by atoms with Gasteiger partial charge in [0, 0.05) is 23.8 Å². The molecule has 1 amide bonds. The van der Waals surface area contributed by atoms with Gasteiger partial charge in [0.25, 0.3) is 5.91 Å². The largest absolute Gasteiger partial charge is 0.465 e. The topological polar surface area (TPSA) is 58.6 Å². The highest BCUT2D eigenvalue weighted by Gasteiger charge is 2.34. The highest BCUT2D eigenvalue weighted by atomic mass is 35.5. The van der Waals surface area contributed by atoms with Crippen molar-refractivity contribution in [2.24, 2.45) is 0 Å². The van der Waals surface area contributed by atoms with Crippen LogP contribution >= 0.6 is 12.4 Å². The quantitative estimate of drug-likeness (QED) is 0.844. The highest BCUT2D eigenvalue weighted by molar-refractivity contribution is 5.97. The zero-order valence-corrected chi connectivity index (χ0v) is 13.4. The highest BCUT2D eigenvalue weighted by Crippen LogP contribution is 2.29. The molecule has 1 heterocycles. The molecule has 5 nitrogen and oxygen atoms in total. The van der Waals surface area contributed by atoms with Gasteiger partial charge in [-0.1, -0.05) is 0 Å². The number of rotatable bonds is 5. The lowest BCUT2D eigenvalue weighted by atomic mass is 10.1. The van der Waals surface area contributed by atoms with Crippen LogP contribution in [0.15, 0.2) is 18.2 Å². The first-order chi connectivity index (χ1) is 10.2. The minimum atomic E-state index is -0.333. The van der Waals surface area contributed by atoms with E-state index >= 15 is 0 Å². The molecule has 0 unspecified atom stereocenters. The molecule has 3 rings (SSSR count). The molecule has 0 radical (unpaired) electrons. The predicted octanol–water partition coefficient (Wildman–Crippen LogP) is 2.24. The molecule has 0 bridgehead atoms. The number of fused-ring (bicyclic) bond motifs is 1. The SMILES string of the molecule is CCOC(=O)CN(C(=O)c1ccc2c(c1)CCN2)C1CC1.Cl. The van der Waals surface area contributed by atoms with Crippen molar-refractivity contribution in [3.05, 3.63) is 29.3 Å². The Morgan fingerprint density at radius 3 is 2.82 bits per heavy atom. The number of halogens is 1. The summed E-state index contributed by atoms with van der Waals surface area (Å²) in [6.45, 7) is 3.08. The molecule has 0 saturated heterocycles. The first kappa shape index (κ1) is 16.6. The van der Waals surface area contributed by atoms with E-state index in [1.54, 1.807) is 11.8 Å². The summed E-state index contributed by atoms with van der Waals surface area (Å²) in [5.74, 6) is -0.402. The normalized spacial score (nSPS) is 15.3. The van der Waals surface area contributed by atoms with Crippen LogP contribution in [0.1, 0.15) is 35.7 Å². The molecule has 2 aliphatic rings. The van der Waals surface area contributed by atoms with E-state index in [-0.39, 0.29) is 36.9 Å². The lowest BCUT2D eigenvalue weighted by molar-refractivity contribution is -0.144. The molecule has 6 heteroatoms. The Bertz CT molecular complexity index is 573. The van der Waals surface area contributed by atoms with Gasteiger partial charge in [-0.2, -0.15) is 0 Å². The van der Waals surface area contributed by atoms with Crippen LogP contribution < -0.4 is 5.32 Å². The number of anilines is 1. The molecule has 1 saturated carbocycles. The second-order valence-electron chi connectivity index (χ2n) is 5.52. The van der Waals surface area contributed by atoms with E-state index in [1.165, 1.54) is 5.56 Å². The van der Waals surface area contributed by atoms with E-state index in [9.17, 15) is 9.59 Å². The molecular formula is C16H21ClN2O3. The fraction of sp³-hybridized carbons (Fsp3) is 0.500. The lowest BCUT2D eigenvalue weighted by Gasteiger charge is -2.21. The van der Waals surface area contributed by atoms with Crippen LogP contribution in [0, 0.1) is 0 Å². The van der Waals surface area contributed by atoms with Gasteiger partial charge in [-0.25, -0.2) is 0 Å². The van der Waals surface area contributed by atoms with Crippen molar-refractivity contribution >= 4 is 30.0 Å². The molecule has 1 aliphatic carbocycles. The molecule has 1 N–H and O–H groups in total. The summed E-state index contributed by atoms with van der Waals surface area (Å²) in [7, 11) is 0. The maximum absolute atomic E-state index is 12.7. The Labute approximate surface area is 136 Å². The lowest BCUT2D eigenvalue weighted by Crippen LogP contribution is -2.38. The van der Waals surface area contributed by atoms with Crippen LogP contribution in [-0.4, -0.2) is 42.5 Å². The fourth-order valence-corrected chi connectivity index (χ4v) is 2.70. The van der Waals surface area contributed by atoms with Gasteiger partial charge >= 0.3 is 5.97 Å². The smallest absolute Gasteiger partial charge is 0.325 e. The van der Waals surface area contributed by atoms with E-state index in [2.05, 4.69) is 5.32 Å². The van der Waals surface area contributed by atoms with E-state index in [4.69, 9.17) is 4.74 Å². The summed E-state index contributed by atoms with van der Waals surface area (Å²) in [5.41, 5.74) is 2.94. The summed E-state index contributed by atoms with van der Waals surface area (Å²) in [5, 5.41) is 3.28. The summed E-state index contributed by atoms with van der Waals surface area (Å²) < 4.78 is 4.97. The van der Waals surface area contributed by atoms with Crippen molar-refractivity contribution in [2.75, 3.05) is 25.0 Å². The number of ether oxygens (including phenoxy) is 1. The van der Waals surface area contributed by atoms with Gasteiger partial charge in [0.15, 0.2) is 0 Å². The molecule has 0 spiro atoms. The summed E-state index contributed by atoms with van der Waals surface area (Å²) in [6.07, 6.45) is 2.88. The molecular weight excluding hydrogens is 304 g/mol. The Hall–Kier alpha value is -1.75. The molecule has 1 aromatic rings. The number of benzene rings is 1. The zero-order valence-electron chi connectivity index (χ0n) is 12.6. The second-order valence-corrected chi connectivity index (χ2v) is 5.52. The Balaban J connectivity index is 0.00000176. The van der Waals surface area contributed by atoms with Crippen molar-refractivity contribution in [1.29, 1.82) is 0 Å². The zero-order chi connectivity index (χ0) is 14.8. The minimum Gasteiger partial charge on any atom is -0.465 e. The number of amides is 1. The average molecular weight is 325 g/mol. The number of nitrogens with one attached hydrogen (secondary N) is 1. The van der Waals surface area contributed by atoms with Crippen LogP contribution in [0.5, 0.6) is 0 Å². The molecule has 0 atom stereocenters. The maximum atomic E-state index is 12.7. The van der Waals surface area contributed by atoms with Crippen molar-refractivity contribution in [3.63, 3.8) is 0 Å². The summed E-state index contributed by atoms with van der Waals surface area (Å²) in [6, 6.07) is 5.91. The molecule has 1 aliphatic heterocycles. The third kappa shape index (κ3) is 3.53. The van der Waals surface area contributed by atoms with E-state index in [0.717, 1.165) is 31.5 Å². The molecule has 1 fully saturated rings. The number of esters is 1. The number of hydrogen-bond acceptors (Lipinski definition) is 4. The third-order valence-corrected chi connectivity index (χ3v) is 3.92. The second kappa shape index (κ2) is 7.01. The van der Waals surface area contributed by atoms with Crippen molar-refractivity contribution in [2.45, 2.75) is 32.2 Å². The predicted molar refractivity (Wildman–Crippen MR) is 86.6 cm³/mol. The standard InChI is InChI=1S/C16H20N2O3.ClH/c1-2-21-15(19)10-18(13-4-5-13)16(20)12-3-6-14-11(9-12)7-8-17-14;/h3,6,9,13,17H,2,4-5,7-8,10H2,1H3;1H. The van der Waals surface area contributed by atoms with Crippen molar-refractivity contribution in [1.82, 2.24) is 4.90 Å². The summed E-state index contributed by atoms with van der Waals surface area (Å²) in [4.78, 5) is 26.0. The van der Waals surface area contributed by atoms with Crippen LogP contribution in [0.3, 0.4) is 0 Å². The molecule has 22 heavy (non-hydrogen) atoms. The van der Waals surface area contributed by atoms with Crippen LogP contribution in [0.4, 0.5) is 5.69 Å². The number of nitrogens with zero attached hydrogens (tertiary/aromatic N) is 1. The van der Waals surface area contributed by atoms with Gasteiger partial charge in [-0.15, -0.1) is 12.4 Å². The molecule has 1 aromatic carbocycles. The van der Waals surface area contributed by atoms with Gasteiger partial charge in [0.1, 0.15) is 6.54 Å². The molecule has 120 valence electrons. The Kier molecular flexibility index (Phi) is 5.29. The van der Waals surface area contributed by atoms with Gasteiger partial charge in [0.05, 0.1) is 6.61 Å². The minimum absolute atomic E-state index is 0. The monoisotopic (exact) mass is 324 g/mol. The van der Waals surface area contributed by atoms with Gasteiger partial charge < -0.3 is 15.0 Å². The number of carbonyl (C=O) groups is 2. The first-order valence-corrected chi connectivity index (χ1v) is 7.52. The Morgan fingerprint density at radius 1 is 1.36 bits per heavy atom. The van der Waals surface area contributed by atoms with E-state index in [1.807, 2.05) is 18.2 Å². The molecule has 0 aromatic heterocycles. The fourth-order valence-electron chi connectivity index (χ4n) is 2.70. The first-order valence-electron chi connectivity index (χ1n) is 7.52. The number of hydrogen-bond donors (Lipinski definition) is 1. The van der Waals surface area contributed by atoms with Crippen LogP contribution in [0.25, 0.3) is 0 Å². The maximum Gasteiger partial charge on any atom is 0.325 e. The van der Waals surface area contributed by atoms with Crippen molar-refractivity contribution in [3.8, 4) is 0 Å². The van der Waals surface area contributed by atoms with Gasteiger partial charge in [-0.05, 0) is 49.9 Å². The van der Waals surface area contributed by atoms with Crippen LogP contribution in [0.2, 0.25) is 0 Å². The van der Waals surface area contributed by atoms with Gasteiger partial charge in [0.2, 0.25) is 0 Å². The van der Waals surface area contributed by atoms with E-state index < -0.39 is 0 Å². The average Bonchev–Trinajstić information content (AvgIpc) is 3.21.